The van der Waals surface area contributed by atoms with Gasteiger partial charge < -0.3 is 20.0 Å². The summed E-state index contributed by atoms with van der Waals surface area (Å²) in [5.41, 5.74) is 0. The van der Waals surface area contributed by atoms with E-state index >= 15 is 0 Å². The molecular weight excluding hydrogens is 178 g/mol. The summed E-state index contributed by atoms with van der Waals surface area (Å²) in [5, 5.41) is 23.1. The van der Waals surface area contributed by atoms with Crippen LogP contribution in [0.2, 0.25) is 0 Å². The Morgan fingerprint density at radius 1 is 1.85 bits per heavy atom. The molecule has 0 amide bonds. The van der Waals surface area contributed by atoms with Crippen molar-refractivity contribution in [1.82, 2.24) is 9.78 Å². The zero-order valence-corrected chi connectivity index (χ0v) is 6.58. The number of aliphatic hydroxyl groups excluding tert-OH is 1. The number of aliphatic hydroxyl groups is 1. The molecule has 1 aromatic rings. The summed E-state index contributed by atoms with van der Waals surface area (Å²) in [5.74, 6) is 0.0705. The molecule has 2 rings (SSSR count). The quantitative estimate of drug-likeness (QED) is 0.472. The molecule has 1 unspecified atom stereocenters. The molecule has 1 aromatic heterocycles. The van der Waals surface area contributed by atoms with E-state index in [1.807, 2.05) is 0 Å². The van der Waals surface area contributed by atoms with Gasteiger partial charge in [0.25, 0.3) is 0 Å². The Morgan fingerprint density at radius 2 is 2.62 bits per heavy atom. The van der Waals surface area contributed by atoms with Gasteiger partial charge in [-0.15, -0.1) is 4.68 Å². The smallest absolute Gasteiger partial charge is 0.393 e. The predicted molar refractivity (Wildman–Crippen MR) is 40.4 cm³/mol. The highest BCUT2D eigenvalue weighted by molar-refractivity contribution is 5.27. The number of hydrogen-bond acceptors (Lipinski definition) is 5. The van der Waals surface area contributed by atoms with E-state index < -0.39 is 11.0 Å². The molecule has 7 nitrogen and oxygen atoms in total. The molecular formula is C6H7N3O4. The summed E-state index contributed by atoms with van der Waals surface area (Å²) in [6.45, 7) is 0.395. The van der Waals surface area contributed by atoms with E-state index in [1.165, 1.54) is 10.7 Å². The van der Waals surface area contributed by atoms with Crippen LogP contribution in [-0.4, -0.2) is 32.5 Å². The highest BCUT2D eigenvalue weighted by Crippen LogP contribution is 2.22. The Morgan fingerprint density at radius 3 is 3.31 bits per heavy atom. The van der Waals surface area contributed by atoms with Crippen LogP contribution in [0.5, 0.6) is 5.88 Å². The van der Waals surface area contributed by atoms with Crippen LogP contribution < -0.4 is 4.74 Å². The third-order valence-electron chi connectivity index (χ3n) is 1.72. The van der Waals surface area contributed by atoms with Gasteiger partial charge in [0.15, 0.2) is 0 Å². The summed E-state index contributed by atoms with van der Waals surface area (Å²) in [6, 6.07) is 1.24. The van der Waals surface area contributed by atoms with Crippen LogP contribution in [0, 0.1) is 10.1 Å². The van der Waals surface area contributed by atoms with Crippen molar-refractivity contribution >= 4 is 5.82 Å². The van der Waals surface area contributed by atoms with Crippen molar-refractivity contribution in [3.05, 3.63) is 16.2 Å². The Kier molecular flexibility index (Phi) is 1.66. The third-order valence-corrected chi connectivity index (χ3v) is 1.72. The third kappa shape index (κ3) is 1.33. The van der Waals surface area contributed by atoms with E-state index in [2.05, 4.69) is 5.10 Å². The molecule has 0 spiro atoms. The maximum Gasteiger partial charge on any atom is 0.393 e. The SMILES string of the molecule is O=[N+]([O-])c1cc2n(n1)CC(O)CO2. The van der Waals surface area contributed by atoms with Crippen LogP contribution in [0.3, 0.4) is 0 Å². The highest BCUT2D eigenvalue weighted by atomic mass is 16.6. The molecule has 0 saturated heterocycles. The fourth-order valence-electron chi connectivity index (χ4n) is 1.16. The van der Waals surface area contributed by atoms with Crippen LogP contribution in [0.4, 0.5) is 5.82 Å². The maximum atomic E-state index is 10.3. The molecule has 0 fully saturated rings. The van der Waals surface area contributed by atoms with Gasteiger partial charge in [0.05, 0.1) is 11.6 Å². The van der Waals surface area contributed by atoms with Gasteiger partial charge in [0.2, 0.25) is 5.88 Å². The van der Waals surface area contributed by atoms with Crippen molar-refractivity contribution in [3.8, 4) is 5.88 Å². The van der Waals surface area contributed by atoms with Gasteiger partial charge in [-0.25, -0.2) is 0 Å². The number of rotatable bonds is 1. The van der Waals surface area contributed by atoms with Crippen molar-refractivity contribution in [2.45, 2.75) is 12.6 Å². The fraction of sp³-hybridized carbons (Fsp3) is 0.500. The second kappa shape index (κ2) is 2.70. The number of ether oxygens (including phenoxy) is 1. The lowest BCUT2D eigenvalue weighted by molar-refractivity contribution is -0.389. The molecule has 7 heteroatoms. The number of aromatic nitrogens is 2. The molecule has 0 radical (unpaired) electrons. The topological polar surface area (TPSA) is 90.4 Å². The molecule has 1 N–H and O–H groups in total. The van der Waals surface area contributed by atoms with Crippen molar-refractivity contribution in [2.24, 2.45) is 0 Å². The fourth-order valence-corrected chi connectivity index (χ4v) is 1.16. The zero-order chi connectivity index (χ0) is 9.42. The number of nitro groups is 1. The monoisotopic (exact) mass is 185 g/mol. The Balaban J connectivity index is 2.33. The average Bonchev–Trinajstić information content (AvgIpc) is 2.46. The van der Waals surface area contributed by atoms with Gasteiger partial charge in [0.1, 0.15) is 18.8 Å². The maximum absolute atomic E-state index is 10.3. The first-order valence-corrected chi connectivity index (χ1v) is 3.70. The molecule has 13 heavy (non-hydrogen) atoms. The Bertz CT molecular complexity index is 348. The number of nitrogens with zero attached hydrogens (tertiary/aromatic N) is 3. The van der Waals surface area contributed by atoms with E-state index in [0.717, 1.165) is 0 Å². The zero-order valence-electron chi connectivity index (χ0n) is 6.58. The predicted octanol–water partition coefficient (Wildman–Crippen LogP) is -0.455. The standard InChI is InChI=1S/C6H7N3O4/c10-4-2-8-6(13-3-4)1-5(7-8)9(11)12/h1,4,10H,2-3H2. The first-order valence-electron chi connectivity index (χ1n) is 3.70. The van der Waals surface area contributed by atoms with E-state index in [4.69, 9.17) is 9.84 Å². The van der Waals surface area contributed by atoms with E-state index in [9.17, 15) is 10.1 Å². The van der Waals surface area contributed by atoms with Crippen LogP contribution in [0.1, 0.15) is 0 Å². The molecule has 0 aliphatic carbocycles. The van der Waals surface area contributed by atoms with Gasteiger partial charge in [-0.05, 0) is 4.92 Å². The van der Waals surface area contributed by atoms with Gasteiger partial charge in [-0.1, -0.05) is 0 Å². The Hall–Kier alpha value is -1.63. The van der Waals surface area contributed by atoms with Crippen LogP contribution in [-0.2, 0) is 6.54 Å². The molecule has 1 aliphatic rings. The minimum atomic E-state index is -0.646. The summed E-state index contributed by atoms with van der Waals surface area (Å²) in [7, 11) is 0. The average molecular weight is 185 g/mol. The van der Waals surface area contributed by atoms with Gasteiger partial charge >= 0.3 is 5.82 Å². The van der Waals surface area contributed by atoms with Crippen LogP contribution in [0.15, 0.2) is 6.07 Å². The van der Waals surface area contributed by atoms with Gasteiger partial charge in [-0.2, -0.15) is 0 Å². The molecule has 1 aliphatic heterocycles. The van der Waals surface area contributed by atoms with E-state index in [0.29, 0.717) is 5.88 Å². The second-order valence-corrected chi connectivity index (χ2v) is 2.74. The van der Waals surface area contributed by atoms with Gasteiger partial charge in [-0.3, -0.25) is 0 Å². The first-order chi connectivity index (χ1) is 6.16. The van der Waals surface area contributed by atoms with Crippen molar-refractivity contribution < 1.29 is 14.8 Å². The summed E-state index contributed by atoms with van der Waals surface area (Å²) < 4.78 is 6.30. The molecule has 0 saturated carbocycles. The molecule has 1 atom stereocenters. The van der Waals surface area contributed by atoms with Crippen molar-refractivity contribution in [3.63, 3.8) is 0 Å². The normalized spacial score (nSPS) is 20.5. The lowest BCUT2D eigenvalue weighted by atomic mass is 10.3. The highest BCUT2D eigenvalue weighted by Gasteiger charge is 2.25. The molecule has 2 heterocycles. The van der Waals surface area contributed by atoms with Crippen molar-refractivity contribution in [1.29, 1.82) is 0 Å². The summed E-state index contributed by atoms with van der Waals surface area (Å²) >= 11 is 0. The van der Waals surface area contributed by atoms with Crippen LogP contribution in [0.25, 0.3) is 0 Å². The molecule has 70 valence electrons. The number of hydrogen-bond donors (Lipinski definition) is 1. The Labute approximate surface area is 72.7 Å². The second-order valence-electron chi connectivity index (χ2n) is 2.74. The minimum absolute atomic E-state index is 0.156. The van der Waals surface area contributed by atoms with Crippen LogP contribution >= 0.6 is 0 Å². The molecule has 0 aromatic carbocycles. The number of fused-ring (bicyclic) bond motifs is 1. The van der Waals surface area contributed by atoms with E-state index in [1.54, 1.807) is 0 Å². The van der Waals surface area contributed by atoms with Crippen molar-refractivity contribution in [2.75, 3.05) is 6.61 Å². The lowest BCUT2D eigenvalue weighted by Crippen LogP contribution is -2.29. The minimum Gasteiger partial charge on any atom is -0.474 e. The van der Waals surface area contributed by atoms with E-state index in [-0.39, 0.29) is 19.0 Å². The summed E-state index contributed by atoms with van der Waals surface area (Å²) in [6.07, 6.45) is -0.646. The lowest BCUT2D eigenvalue weighted by Gasteiger charge is -2.16. The summed E-state index contributed by atoms with van der Waals surface area (Å²) in [4.78, 5) is 9.72. The first kappa shape index (κ1) is 7.99. The van der Waals surface area contributed by atoms with Gasteiger partial charge in [0, 0.05) is 0 Å². The molecule has 0 bridgehead atoms. The largest absolute Gasteiger partial charge is 0.474 e.